The number of nitrogens with zero attached hydrogens (tertiary/aromatic N) is 2. The Hall–Kier alpha value is -4.15. The Morgan fingerprint density at radius 3 is 2.39 bits per heavy atom. The first-order chi connectivity index (χ1) is 21.3. The highest BCUT2D eigenvalue weighted by Gasteiger charge is 2.35. The van der Waals surface area contributed by atoms with E-state index in [1.54, 1.807) is 24.5 Å². The van der Waals surface area contributed by atoms with Crippen molar-refractivity contribution in [3.8, 4) is 17.2 Å². The highest BCUT2D eigenvalue weighted by Crippen LogP contribution is 2.36. The third kappa shape index (κ3) is 6.66. The molecule has 0 fully saturated rings. The summed E-state index contributed by atoms with van der Waals surface area (Å²) in [7, 11) is 0. The summed E-state index contributed by atoms with van der Waals surface area (Å²) in [6.45, 7) is 8.79. The molecule has 10 heteroatoms. The van der Waals surface area contributed by atoms with Crippen molar-refractivity contribution in [1.29, 1.82) is 0 Å². The Morgan fingerprint density at radius 1 is 0.932 bits per heavy atom. The molecule has 0 N–H and O–H groups in total. The van der Waals surface area contributed by atoms with Gasteiger partial charge in [0.15, 0.2) is 16.3 Å². The number of para-hydroxylation sites is 1. The number of fused-ring (bicyclic) bond motifs is 1. The number of thiazole rings is 1. The Kier molecular flexibility index (Phi) is 10.0. The second-order valence-electron chi connectivity index (χ2n) is 9.83. The molecule has 8 nitrogen and oxygen atoms in total. The van der Waals surface area contributed by atoms with Gasteiger partial charge in [0.05, 0.1) is 35.6 Å². The van der Waals surface area contributed by atoms with Crippen LogP contribution in [0.15, 0.2) is 92.3 Å². The van der Waals surface area contributed by atoms with E-state index >= 15 is 0 Å². The van der Waals surface area contributed by atoms with E-state index in [0.29, 0.717) is 63.2 Å². The van der Waals surface area contributed by atoms with Gasteiger partial charge >= 0.3 is 5.97 Å². The van der Waals surface area contributed by atoms with E-state index < -0.39 is 12.0 Å². The van der Waals surface area contributed by atoms with Crippen molar-refractivity contribution in [3.63, 3.8) is 0 Å². The maximum atomic E-state index is 14.1. The normalized spacial score (nSPS) is 14.6. The number of hydrogen-bond acceptors (Lipinski definition) is 8. The molecule has 0 spiro atoms. The molecule has 1 aliphatic rings. The number of hydrogen-bond donors (Lipinski definition) is 0. The molecule has 1 aromatic heterocycles. The van der Waals surface area contributed by atoms with Crippen LogP contribution >= 0.6 is 27.3 Å². The number of rotatable bonds is 11. The van der Waals surface area contributed by atoms with Gasteiger partial charge in [0.1, 0.15) is 18.4 Å². The maximum absolute atomic E-state index is 14.1. The summed E-state index contributed by atoms with van der Waals surface area (Å²) in [6.07, 6.45) is 1.81. The lowest BCUT2D eigenvalue weighted by molar-refractivity contribution is -0.139. The van der Waals surface area contributed by atoms with Crippen LogP contribution in [0.25, 0.3) is 6.08 Å². The first kappa shape index (κ1) is 31.3. The van der Waals surface area contributed by atoms with Crippen LogP contribution in [-0.4, -0.2) is 30.4 Å². The summed E-state index contributed by atoms with van der Waals surface area (Å²) in [5.41, 5.74) is 3.02. The van der Waals surface area contributed by atoms with Crippen LogP contribution in [0, 0.1) is 0 Å². The first-order valence-electron chi connectivity index (χ1n) is 14.4. The van der Waals surface area contributed by atoms with Crippen molar-refractivity contribution >= 4 is 39.3 Å². The lowest BCUT2D eigenvalue weighted by Crippen LogP contribution is -2.40. The van der Waals surface area contributed by atoms with Gasteiger partial charge in [-0.05, 0) is 75.2 Å². The lowest BCUT2D eigenvalue weighted by atomic mass is 9.95. The summed E-state index contributed by atoms with van der Waals surface area (Å²) in [5, 5.41) is 0. The van der Waals surface area contributed by atoms with Gasteiger partial charge in [-0.1, -0.05) is 63.7 Å². The summed E-state index contributed by atoms with van der Waals surface area (Å²) in [6, 6.07) is 20.2. The fourth-order valence-corrected chi connectivity index (χ4v) is 6.29. The molecule has 4 aromatic rings. The Balaban J connectivity index is 1.57. The van der Waals surface area contributed by atoms with Crippen molar-refractivity contribution in [2.24, 2.45) is 4.99 Å². The SMILES string of the molecule is CCOC(=O)C1=C(C)N=c2s/c(=C\c3ccc(OCc4ccc(Br)cc4)c(OCC)c3)c(=O)n2[C@H]1c1ccccc1OCC. The molecule has 2 heterocycles. The van der Waals surface area contributed by atoms with Gasteiger partial charge in [-0.15, -0.1) is 0 Å². The van der Waals surface area contributed by atoms with Crippen molar-refractivity contribution < 1.29 is 23.7 Å². The van der Waals surface area contributed by atoms with Crippen molar-refractivity contribution in [3.05, 3.63) is 119 Å². The van der Waals surface area contributed by atoms with Crippen molar-refractivity contribution in [1.82, 2.24) is 4.57 Å². The molecule has 0 saturated heterocycles. The number of ether oxygens (including phenoxy) is 4. The number of halogens is 1. The maximum Gasteiger partial charge on any atom is 0.338 e. The van der Waals surface area contributed by atoms with E-state index in [4.69, 9.17) is 18.9 Å². The van der Waals surface area contributed by atoms with E-state index in [-0.39, 0.29) is 12.2 Å². The molecule has 0 radical (unpaired) electrons. The largest absolute Gasteiger partial charge is 0.494 e. The zero-order valence-electron chi connectivity index (χ0n) is 25.0. The molecule has 0 unspecified atom stereocenters. The molecule has 0 saturated carbocycles. The summed E-state index contributed by atoms with van der Waals surface area (Å²) in [5.74, 6) is 1.26. The number of carbonyl (C=O) groups is 1. The predicted octanol–water partition coefficient (Wildman–Crippen LogP) is 5.94. The van der Waals surface area contributed by atoms with Gasteiger partial charge in [0.25, 0.3) is 5.56 Å². The monoisotopic (exact) mass is 676 g/mol. The van der Waals surface area contributed by atoms with Crippen LogP contribution in [-0.2, 0) is 16.1 Å². The Morgan fingerprint density at radius 2 is 1.66 bits per heavy atom. The molecular weight excluding hydrogens is 644 g/mol. The molecule has 3 aromatic carbocycles. The minimum Gasteiger partial charge on any atom is -0.494 e. The topological polar surface area (TPSA) is 88.4 Å². The van der Waals surface area contributed by atoms with E-state index in [9.17, 15) is 9.59 Å². The molecule has 1 aliphatic heterocycles. The minimum atomic E-state index is -0.761. The molecule has 0 amide bonds. The second kappa shape index (κ2) is 14.1. The molecule has 44 heavy (non-hydrogen) atoms. The summed E-state index contributed by atoms with van der Waals surface area (Å²) in [4.78, 5) is 32.5. The number of carbonyl (C=O) groups excluding carboxylic acids is 1. The highest BCUT2D eigenvalue weighted by atomic mass is 79.9. The molecule has 0 bridgehead atoms. The van der Waals surface area contributed by atoms with Gasteiger partial charge in [-0.25, -0.2) is 9.79 Å². The number of aromatic nitrogens is 1. The van der Waals surface area contributed by atoms with Gasteiger partial charge < -0.3 is 18.9 Å². The fraction of sp³-hybridized carbons (Fsp3) is 0.265. The van der Waals surface area contributed by atoms with Crippen LogP contribution in [0.3, 0.4) is 0 Å². The molecular formula is C34H33BrN2O6S. The summed E-state index contributed by atoms with van der Waals surface area (Å²) < 4.78 is 26.3. The zero-order chi connectivity index (χ0) is 31.2. The van der Waals surface area contributed by atoms with Gasteiger partial charge in [-0.2, -0.15) is 0 Å². The van der Waals surface area contributed by atoms with Crippen LogP contribution in [0.4, 0.5) is 0 Å². The van der Waals surface area contributed by atoms with Gasteiger partial charge in [0.2, 0.25) is 0 Å². The van der Waals surface area contributed by atoms with E-state index in [2.05, 4.69) is 20.9 Å². The first-order valence-corrected chi connectivity index (χ1v) is 16.0. The molecule has 0 aliphatic carbocycles. The van der Waals surface area contributed by atoms with E-state index in [0.717, 1.165) is 15.6 Å². The van der Waals surface area contributed by atoms with Crippen LogP contribution in [0.5, 0.6) is 17.2 Å². The smallest absolute Gasteiger partial charge is 0.338 e. The van der Waals surface area contributed by atoms with Gasteiger partial charge in [0, 0.05) is 10.0 Å². The number of allylic oxidation sites excluding steroid dienone is 1. The third-order valence-electron chi connectivity index (χ3n) is 6.90. The second-order valence-corrected chi connectivity index (χ2v) is 11.8. The minimum absolute atomic E-state index is 0.199. The zero-order valence-corrected chi connectivity index (χ0v) is 27.4. The van der Waals surface area contributed by atoms with Gasteiger partial charge in [-0.3, -0.25) is 9.36 Å². The van der Waals surface area contributed by atoms with Crippen LogP contribution < -0.4 is 29.1 Å². The Labute approximate surface area is 268 Å². The average molecular weight is 678 g/mol. The highest BCUT2D eigenvalue weighted by molar-refractivity contribution is 9.10. The van der Waals surface area contributed by atoms with E-state index in [1.165, 1.54) is 11.3 Å². The molecule has 1 atom stereocenters. The number of esters is 1. The Bertz CT molecular complexity index is 1880. The lowest BCUT2D eigenvalue weighted by Gasteiger charge is -2.26. The summed E-state index contributed by atoms with van der Waals surface area (Å²) >= 11 is 4.72. The fourth-order valence-electron chi connectivity index (χ4n) is 4.97. The van der Waals surface area contributed by atoms with Crippen molar-refractivity contribution in [2.75, 3.05) is 19.8 Å². The average Bonchev–Trinajstić information content (AvgIpc) is 3.31. The standard InChI is InChI=1S/C34H33BrN2O6S/c1-5-40-26-11-9-8-10-25(26)31-30(33(39)42-7-3)21(4)36-34-37(31)32(38)29(44-34)19-23-14-17-27(28(18-23)41-6-2)43-20-22-12-15-24(35)16-13-22/h8-19,31H,5-7,20H2,1-4H3/b29-19-/t31-/m0/s1. The molecule has 5 rings (SSSR count). The van der Waals surface area contributed by atoms with Crippen molar-refractivity contribution in [2.45, 2.75) is 40.3 Å². The van der Waals surface area contributed by atoms with E-state index in [1.807, 2.05) is 80.6 Å². The van der Waals surface area contributed by atoms with Crippen LogP contribution in [0.2, 0.25) is 0 Å². The molecule has 228 valence electrons. The van der Waals surface area contributed by atoms with Crippen LogP contribution in [0.1, 0.15) is 50.4 Å². The quantitative estimate of drug-likeness (QED) is 0.183. The number of benzene rings is 3. The predicted molar refractivity (Wildman–Crippen MR) is 174 cm³/mol. The third-order valence-corrected chi connectivity index (χ3v) is 8.42.